The lowest BCUT2D eigenvalue weighted by molar-refractivity contribution is 0.569. The van der Waals surface area contributed by atoms with Crippen molar-refractivity contribution in [3.8, 4) is 11.3 Å². The summed E-state index contributed by atoms with van der Waals surface area (Å²) in [5.74, 6) is 0. The van der Waals surface area contributed by atoms with Gasteiger partial charge in [0.05, 0.1) is 22.2 Å². The number of benzene rings is 2. The molecule has 0 aliphatic heterocycles. The topological polar surface area (TPSA) is 77.5 Å². The second-order valence-electron chi connectivity index (χ2n) is 7.05. The summed E-state index contributed by atoms with van der Waals surface area (Å²) in [5, 5.41) is 3.79. The molecule has 4 heterocycles. The van der Waals surface area contributed by atoms with Gasteiger partial charge in [0.15, 0.2) is 10.6 Å². The van der Waals surface area contributed by atoms with E-state index in [9.17, 15) is 9.59 Å². The maximum atomic E-state index is 13.8. The molecule has 0 radical (unpaired) electrons. The maximum Gasteiger partial charge on any atom is 0.346 e. The van der Waals surface area contributed by atoms with Crippen LogP contribution in [0, 0.1) is 6.92 Å². The second kappa shape index (κ2) is 6.08. The minimum Gasteiger partial charge on any atom is -0.422 e. The summed E-state index contributed by atoms with van der Waals surface area (Å²) in [6.45, 7) is 1.74. The van der Waals surface area contributed by atoms with E-state index in [-0.39, 0.29) is 5.56 Å². The molecule has 0 amide bonds. The minimum atomic E-state index is -0.506. The highest BCUT2D eigenvalue weighted by atomic mass is 32.1. The predicted molar refractivity (Wildman–Crippen MR) is 118 cm³/mol. The highest BCUT2D eigenvalue weighted by Crippen LogP contribution is 2.30. The first-order valence-electron chi connectivity index (χ1n) is 9.35. The van der Waals surface area contributed by atoms with E-state index >= 15 is 0 Å². The van der Waals surface area contributed by atoms with Crippen LogP contribution in [0.1, 0.15) is 5.69 Å². The van der Waals surface area contributed by atoms with E-state index in [4.69, 9.17) is 4.42 Å². The lowest BCUT2D eigenvalue weighted by Gasteiger charge is -2.09. The third-order valence-electron chi connectivity index (χ3n) is 5.32. The number of aromatic nitrogens is 3. The van der Waals surface area contributed by atoms with Crippen molar-refractivity contribution >= 4 is 49.1 Å². The number of rotatable bonds is 1. The molecular formula is C23H13N3O3S. The van der Waals surface area contributed by atoms with Gasteiger partial charge in [0.2, 0.25) is 0 Å². The first-order chi connectivity index (χ1) is 14.6. The zero-order valence-electron chi connectivity index (χ0n) is 15.7. The lowest BCUT2D eigenvalue weighted by Crippen LogP contribution is -2.17. The molecule has 0 aliphatic carbocycles. The summed E-state index contributed by atoms with van der Waals surface area (Å²) in [4.78, 5) is 36.2. The van der Waals surface area contributed by atoms with Gasteiger partial charge >= 0.3 is 5.63 Å². The summed E-state index contributed by atoms with van der Waals surface area (Å²) >= 11 is 1.39. The van der Waals surface area contributed by atoms with Crippen molar-refractivity contribution in [2.75, 3.05) is 0 Å². The monoisotopic (exact) mass is 411 g/mol. The van der Waals surface area contributed by atoms with Gasteiger partial charge in [-0.2, -0.15) is 4.98 Å². The van der Waals surface area contributed by atoms with Crippen LogP contribution in [0.5, 0.6) is 0 Å². The third kappa shape index (κ3) is 2.23. The fourth-order valence-electron chi connectivity index (χ4n) is 4.00. The Bertz CT molecular complexity index is 1750. The molecule has 4 aromatic heterocycles. The Morgan fingerprint density at radius 3 is 2.50 bits per heavy atom. The molecule has 6 aromatic rings. The standard InChI is InChI=1S/C23H13N3O3S/c1-12-17-18(14-9-5-6-10-16(14)29-22(17)28)19-20(24-12)25-23-26(21(19)27)15(11-30-23)13-7-3-2-4-8-13/h2-11H,1H3. The molecule has 0 spiro atoms. The van der Waals surface area contributed by atoms with Crippen LogP contribution in [0.15, 0.2) is 74.0 Å². The smallest absolute Gasteiger partial charge is 0.346 e. The van der Waals surface area contributed by atoms with E-state index < -0.39 is 5.63 Å². The molecule has 0 saturated heterocycles. The van der Waals surface area contributed by atoms with Crippen molar-refractivity contribution in [1.82, 2.24) is 14.4 Å². The zero-order valence-corrected chi connectivity index (χ0v) is 16.6. The summed E-state index contributed by atoms with van der Waals surface area (Å²) in [7, 11) is 0. The second-order valence-corrected chi connectivity index (χ2v) is 7.89. The van der Waals surface area contributed by atoms with Gasteiger partial charge in [0.25, 0.3) is 5.56 Å². The van der Waals surface area contributed by atoms with Crippen molar-refractivity contribution in [2.45, 2.75) is 6.92 Å². The molecule has 2 aromatic carbocycles. The van der Waals surface area contributed by atoms with E-state index in [1.165, 1.54) is 11.3 Å². The molecule has 6 rings (SSSR count). The molecule has 6 nitrogen and oxygen atoms in total. The third-order valence-corrected chi connectivity index (χ3v) is 6.14. The quantitative estimate of drug-likeness (QED) is 0.293. The summed E-state index contributed by atoms with van der Waals surface area (Å²) in [6, 6.07) is 16.9. The van der Waals surface area contributed by atoms with Crippen LogP contribution in [0.3, 0.4) is 0 Å². The van der Waals surface area contributed by atoms with Crippen molar-refractivity contribution in [2.24, 2.45) is 0 Å². The highest BCUT2D eigenvalue weighted by molar-refractivity contribution is 7.15. The number of hydrogen-bond donors (Lipinski definition) is 0. The molecule has 0 bridgehead atoms. The van der Waals surface area contributed by atoms with Gasteiger partial charge in [-0.15, -0.1) is 11.3 Å². The highest BCUT2D eigenvalue weighted by Gasteiger charge is 2.20. The summed E-state index contributed by atoms with van der Waals surface area (Å²) < 4.78 is 7.09. The van der Waals surface area contributed by atoms with Gasteiger partial charge in [-0.05, 0) is 18.6 Å². The van der Waals surface area contributed by atoms with Gasteiger partial charge < -0.3 is 4.42 Å². The predicted octanol–water partition coefficient (Wildman–Crippen LogP) is 4.54. The average molecular weight is 411 g/mol. The van der Waals surface area contributed by atoms with Crippen molar-refractivity contribution in [1.29, 1.82) is 0 Å². The molecular weight excluding hydrogens is 398 g/mol. The Kier molecular flexibility index (Phi) is 3.45. The van der Waals surface area contributed by atoms with Gasteiger partial charge in [-0.25, -0.2) is 9.78 Å². The van der Waals surface area contributed by atoms with Crippen molar-refractivity contribution in [3.63, 3.8) is 0 Å². The minimum absolute atomic E-state index is 0.247. The normalized spacial score (nSPS) is 11.8. The fourth-order valence-corrected chi connectivity index (χ4v) is 4.89. The molecule has 0 unspecified atom stereocenters. The van der Waals surface area contributed by atoms with Gasteiger partial charge in [-0.1, -0.05) is 48.5 Å². The Balaban J connectivity index is 1.91. The first-order valence-corrected chi connectivity index (χ1v) is 10.2. The molecule has 0 aliphatic rings. The number of aryl methyl sites for hydroxylation is 1. The number of nitrogens with zero attached hydrogens (tertiary/aromatic N) is 3. The van der Waals surface area contributed by atoms with E-state index in [2.05, 4.69) is 9.97 Å². The molecule has 7 heteroatoms. The number of fused-ring (bicyclic) bond motifs is 6. The van der Waals surface area contributed by atoms with E-state index in [1.807, 2.05) is 47.8 Å². The number of thiazole rings is 1. The molecule has 0 saturated carbocycles. The van der Waals surface area contributed by atoms with Crippen LogP contribution in [-0.2, 0) is 0 Å². The Morgan fingerprint density at radius 2 is 1.67 bits per heavy atom. The van der Waals surface area contributed by atoms with Gasteiger partial charge in [-0.3, -0.25) is 9.20 Å². The largest absolute Gasteiger partial charge is 0.422 e. The van der Waals surface area contributed by atoms with Crippen LogP contribution in [0.25, 0.3) is 49.0 Å². The van der Waals surface area contributed by atoms with Crippen LogP contribution >= 0.6 is 11.3 Å². The van der Waals surface area contributed by atoms with E-state index in [0.29, 0.717) is 43.4 Å². The lowest BCUT2D eigenvalue weighted by atomic mass is 10.0. The van der Waals surface area contributed by atoms with E-state index in [0.717, 1.165) is 11.3 Å². The number of hydrogen-bond acceptors (Lipinski definition) is 6. The van der Waals surface area contributed by atoms with Crippen LogP contribution in [0.4, 0.5) is 0 Å². The first kappa shape index (κ1) is 17.1. The van der Waals surface area contributed by atoms with Gasteiger partial charge in [0, 0.05) is 16.2 Å². The number of pyridine rings is 1. The molecule has 30 heavy (non-hydrogen) atoms. The maximum absolute atomic E-state index is 13.8. The van der Waals surface area contributed by atoms with Crippen molar-refractivity contribution in [3.05, 3.63) is 86.4 Å². The molecule has 0 N–H and O–H groups in total. The van der Waals surface area contributed by atoms with Crippen LogP contribution in [-0.4, -0.2) is 14.4 Å². The van der Waals surface area contributed by atoms with E-state index in [1.54, 1.807) is 23.5 Å². The fraction of sp³-hybridized carbons (Fsp3) is 0.0435. The zero-order chi connectivity index (χ0) is 20.4. The molecule has 144 valence electrons. The summed E-state index contributed by atoms with van der Waals surface area (Å²) in [6.07, 6.45) is 0. The Hall–Kier alpha value is -3.84. The SMILES string of the molecule is Cc1nc2nc3scc(-c4ccccc4)n3c(=O)c2c2c1c(=O)oc1ccccc12. The molecule has 0 fully saturated rings. The Morgan fingerprint density at radius 1 is 0.900 bits per heavy atom. The van der Waals surface area contributed by atoms with Gasteiger partial charge in [0.1, 0.15) is 5.58 Å². The molecule has 0 atom stereocenters. The number of para-hydroxylation sites is 1. The summed E-state index contributed by atoms with van der Waals surface area (Å²) in [5.41, 5.74) is 2.18. The Labute approximate surface area is 172 Å². The van der Waals surface area contributed by atoms with Crippen LogP contribution < -0.4 is 11.2 Å². The average Bonchev–Trinajstić information content (AvgIpc) is 3.18. The van der Waals surface area contributed by atoms with Crippen LogP contribution in [0.2, 0.25) is 0 Å². The van der Waals surface area contributed by atoms with Crippen molar-refractivity contribution < 1.29 is 4.42 Å².